The monoisotopic (exact) mass is 498 g/mol. The third-order valence-electron chi connectivity index (χ3n) is 4.88. The summed E-state index contributed by atoms with van der Waals surface area (Å²) in [6.07, 6.45) is 5.72. The Bertz CT molecular complexity index is 1140. The highest BCUT2D eigenvalue weighted by Crippen LogP contribution is 2.28. The number of ether oxygens (including phenoxy) is 2. The van der Waals surface area contributed by atoms with Gasteiger partial charge in [-0.2, -0.15) is 4.57 Å². The van der Waals surface area contributed by atoms with Gasteiger partial charge in [0.1, 0.15) is 0 Å². The number of ketones is 1. The minimum atomic E-state index is -0.485. The van der Waals surface area contributed by atoms with Crippen LogP contribution in [0.1, 0.15) is 27.2 Å². The molecule has 0 unspecified atom stereocenters. The third-order valence-corrected chi connectivity index (χ3v) is 4.88. The molecule has 2 aromatic carbocycles. The lowest BCUT2D eigenvalue weighted by atomic mass is 10.1. The van der Waals surface area contributed by atoms with Crippen molar-refractivity contribution in [1.82, 2.24) is 0 Å². The lowest BCUT2D eigenvalue weighted by Crippen LogP contribution is -3.00. The maximum Gasteiger partial charge on any atom is 0.269 e. The Labute approximate surface area is 196 Å². The van der Waals surface area contributed by atoms with Crippen molar-refractivity contribution in [2.24, 2.45) is 0 Å². The van der Waals surface area contributed by atoms with E-state index in [1.807, 2.05) is 60.2 Å². The fourth-order valence-electron chi connectivity index (χ4n) is 3.20. The SMILES string of the molecule is COc1ccc(/C=C/c2c(C)ccc[n+]2CC(=O)c2ccc([N+](=O)[O-])cc2)cc1OC.[Br-]. The number of hydrogen-bond acceptors (Lipinski definition) is 5. The number of carbonyl (C=O) groups excluding carboxylic acids is 1. The molecule has 0 bridgehead atoms. The number of nitro groups is 1. The standard InChI is InChI=1S/C24H23N2O5.BrH/c1-17-5-4-14-25(16-22(27)19-8-10-20(11-9-19)26(28)29)21(17)12-6-18-7-13-23(30-2)24(15-18)31-3;/h4-15H,16H2,1-3H3;1H/q+1;/p-1/b12-6+;. The highest BCUT2D eigenvalue weighted by Gasteiger charge is 2.18. The Morgan fingerprint density at radius 3 is 2.34 bits per heavy atom. The molecular formula is C24H23BrN2O5. The first-order valence-corrected chi connectivity index (χ1v) is 9.59. The molecule has 8 heteroatoms. The Balaban J connectivity index is 0.00000363. The molecule has 0 N–H and O–H groups in total. The van der Waals surface area contributed by atoms with Crippen molar-refractivity contribution >= 4 is 23.6 Å². The molecule has 0 fully saturated rings. The van der Waals surface area contributed by atoms with Crippen LogP contribution >= 0.6 is 0 Å². The van der Waals surface area contributed by atoms with Crippen LogP contribution in [0.15, 0.2) is 60.8 Å². The Hall–Kier alpha value is -3.52. The van der Waals surface area contributed by atoms with Crippen LogP contribution in [0.5, 0.6) is 11.5 Å². The smallest absolute Gasteiger partial charge is 0.269 e. The number of pyridine rings is 1. The molecule has 1 heterocycles. The first-order valence-electron chi connectivity index (χ1n) is 9.59. The molecule has 0 saturated carbocycles. The average molecular weight is 499 g/mol. The molecule has 1 aromatic heterocycles. The lowest BCUT2D eigenvalue weighted by Gasteiger charge is -2.07. The minimum Gasteiger partial charge on any atom is -1.00 e. The largest absolute Gasteiger partial charge is 1.00 e. The second-order valence-electron chi connectivity index (χ2n) is 6.88. The van der Waals surface area contributed by atoms with Crippen molar-refractivity contribution in [3.63, 3.8) is 0 Å². The normalized spacial score (nSPS) is 10.5. The van der Waals surface area contributed by atoms with Gasteiger partial charge in [0.2, 0.25) is 18.0 Å². The molecular weight excluding hydrogens is 476 g/mol. The van der Waals surface area contributed by atoms with Gasteiger partial charge in [-0.1, -0.05) is 6.07 Å². The van der Waals surface area contributed by atoms with Gasteiger partial charge < -0.3 is 26.5 Å². The van der Waals surface area contributed by atoms with Gasteiger partial charge in [0, 0.05) is 35.4 Å². The van der Waals surface area contributed by atoms with E-state index in [9.17, 15) is 14.9 Å². The summed E-state index contributed by atoms with van der Waals surface area (Å²) in [6, 6.07) is 15.1. The van der Waals surface area contributed by atoms with Gasteiger partial charge >= 0.3 is 0 Å². The molecule has 0 aliphatic heterocycles. The third kappa shape index (κ3) is 5.79. The van der Waals surface area contributed by atoms with Gasteiger partial charge in [-0.3, -0.25) is 14.9 Å². The van der Waals surface area contributed by atoms with Gasteiger partial charge in [-0.15, -0.1) is 0 Å². The number of nitrogens with zero attached hydrogens (tertiary/aromatic N) is 2. The van der Waals surface area contributed by atoms with Crippen LogP contribution in [0.25, 0.3) is 12.2 Å². The van der Waals surface area contributed by atoms with Gasteiger partial charge in [-0.05, 0) is 48.9 Å². The minimum absolute atomic E-state index is 0. The van der Waals surface area contributed by atoms with Crippen LogP contribution in [-0.2, 0) is 6.54 Å². The number of halogens is 1. The molecule has 32 heavy (non-hydrogen) atoms. The molecule has 0 saturated heterocycles. The van der Waals surface area contributed by atoms with E-state index >= 15 is 0 Å². The van der Waals surface area contributed by atoms with E-state index in [0.717, 1.165) is 16.8 Å². The second-order valence-corrected chi connectivity index (χ2v) is 6.88. The molecule has 0 aliphatic rings. The van der Waals surface area contributed by atoms with E-state index in [2.05, 4.69) is 0 Å². The summed E-state index contributed by atoms with van der Waals surface area (Å²) in [6.45, 7) is 2.09. The predicted molar refractivity (Wildman–Crippen MR) is 117 cm³/mol. The molecule has 7 nitrogen and oxygen atoms in total. The van der Waals surface area contributed by atoms with E-state index in [0.29, 0.717) is 17.1 Å². The van der Waals surface area contributed by atoms with Crippen LogP contribution in [0.2, 0.25) is 0 Å². The highest BCUT2D eigenvalue weighted by molar-refractivity contribution is 5.95. The summed E-state index contributed by atoms with van der Waals surface area (Å²) < 4.78 is 12.5. The number of methoxy groups -OCH3 is 2. The van der Waals surface area contributed by atoms with Crippen LogP contribution in [0, 0.1) is 17.0 Å². The summed E-state index contributed by atoms with van der Waals surface area (Å²) >= 11 is 0. The van der Waals surface area contributed by atoms with E-state index in [4.69, 9.17) is 9.47 Å². The average Bonchev–Trinajstić information content (AvgIpc) is 2.78. The van der Waals surface area contributed by atoms with Crippen molar-refractivity contribution in [1.29, 1.82) is 0 Å². The summed E-state index contributed by atoms with van der Waals surface area (Å²) in [5, 5.41) is 10.8. The Morgan fingerprint density at radius 1 is 1.03 bits per heavy atom. The molecule has 0 spiro atoms. The van der Waals surface area contributed by atoms with Crippen LogP contribution in [-0.4, -0.2) is 24.9 Å². The van der Waals surface area contributed by atoms with Crippen LogP contribution in [0.4, 0.5) is 5.69 Å². The van der Waals surface area contributed by atoms with Gasteiger partial charge in [0.15, 0.2) is 17.7 Å². The van der Waals surface area contributed by atoms with E-state index in [1.165, 1.54) is 24.3 Å². The molecule has 3 aromatic rings. The van der Waals surface area contributed by atoms with Gasteiger partial charge in [0.05, 0.1) is 19.1 Å². The molecule has 166 valence electrons. The predicted octanol–water partition coefficient (Wildman–Crippen LogP) is 1.27. The number of hydrogen-bond donors (Lipinski definition) is 0. The van der Waals surface area contributed by atoms with Gasteiger partial charge in [-0.25, -0.2) is 0 Å². The zero-order chi connectivity index (χ0) is 22.4. The molecule has 0 aliphatic carbocycles. The summed E-state index contributed by atoms with van der Waals surface area (Å²) in [4.78, 5) is 23.1. The zero-order valence-electron chi connectivity index (χ0n) is 17.9. The number of non-ortho nitro benzene ring substituents is 1. The number of aromatic nitrogens is 1. The van der Waals surface area contributed by atoms with Crippen molar-refractivity contribution in [2.75, 3.05) is 14.2 Å². The van der Waals surface area contributed by atoms with E-state index in [1.54, 1.807) is 14.2 Å². The van der Waals surface area contributed by atoms with Crippen molar-refractivity contribution < 1.29 is 40.7 Å². The van der Waals surface area contributed by atoms with Gasteiger partial charge in [0.25, 0.3) is 5.69 Å². The molecule has 0 amide bonds. The summed E-state index contributed by atoms with van der Waals surface area (Å²) in [7, 11) is 3.18. The number of rotatable bonds is 8. The fraction of sp³-hybridized carbons (Fsp3) is 0.167. The Morgan fingerprint density at radius 2 is 1.72 bits per heavy atom. The topological polar surface area (TPSA) is 82.5 Å². The first kappa shape index (κ1) is 24.7. The van der Waals surface area contributed by atoms with E-state index in [-0.39, 0.29) is 35.0 Å². The molecule has 0 atom stereocenters. The van der Waals surface area contributed by atoms with E-state index < -0.39 is 4.92 Å². The molecule has 0 radical (unpaired) electrons. The second kappa shape index (κ2) is 11.2. The Kier molecular flexibility index (Phi) is 8.66. The maximum absolute atomic E-state index is 12.7. The van der Waals surface area contributed by atoms with Crippen LogP contribution < -0.4 is 31.0 Å². The zero-order valence-corrected chi connectivity index (χ0v) is 19.5. The van der Waals surface area contributed by atoms with Crippen LogP contribution in [0.3, 0.4) is 0 Å². The summed E-state index contributed by atoms with van der Waals surface area (Å²) in [5.41, 5.74) is 3.20. The van der Waals surface area contributed by atoms with Crippen molar-refractivity contribution in [2.45, 2.75) is 13.5 Å². The maximum atomic E-state index is 12.7. The number of nitro benzene ring substituents is 1. The fourth-order valence-corrected chi connectivity index (χ4v) is 3.20. The molecule has 3 rings (SSSR count). The van der Waals surface area contributed by atoms with Crippen molar-refractivity contribution in [3.8, 4) is 11.5 Å². The van der Waals surface area contributed by atoms with Crippen molar-refractivity contribution in [3.05, 3.63) is 93.3 Å². The quantitative estimate of drug-likeness (QED) is 0.202. The number of aryl methyl sites for hydroxylation is 1. The lowest BCUT2D eigenvalue weighted by molar-refractivity contribution is -0.685. The number of carbonyl (C=O) groups is 1. The highest BCUT2D eigenvalue weighted by atomic mass is 79.9. The summed E-state index contributed by atoms with van der Waals surface area (Å²) in [5.74, 6) is 1.15. The number of benzene rings is 2. The first-order chi connectivity index (χ1) is 14.9. The number of Topliss-reactive ketones (excluding diaryl/α,β-unsaturated/α-hetero) is 1.